The summed E-state index contributed by atoms with van der Waals surface area (Å²) >= 11 is 1.63. The van der Waals surface area contributed by atoms with Gasteiger partial charge in [0.05, 0.1) is 11.4 Å². The van der Waals surface area contributed by atoms with E-state index < -0.39 is 0 Å². The van der Waals surface area contributed by atoms with Gasteiger partial charge in [-0.25, -0.2) is 4.98 Å². The van der Waals surface area contributed by atoms with E-state index in [2.05, 4.69) is 11.1 Å². The Balaban J connectivity index is 1.85. The van der Waals surface area contributed by atoms with Crippen LogP contribution in [-0.4, -0.2) is 29.4 Å². The van der Waals surface area contributed by atoms with E-state index in [1.54, 1.807) is 22.4 Å². The number of thiazole rings is 1. The van der Waals surface area contributed by atoms with Crippen molar-refractivity contribution < 1.29 is 4.79 Å². The van der Waals surface area contributed by atoms with Gasteiger partial charge >= 0.3 is 0 Å². The summed E-state index contributed by atoms with van der Waals surface area (Å²) in [6.07, 6.45) is 3.10. The van der Waals surface area contributed by atoms with E-state index in [0.717, 1.165) is 23.5 Å². The summed E-state index contributed by atoms with van der Waals surface area (Å²) in [6.45, 7) is 2.76. The number of amides is 1. The number of aromatic nitrogens is 1. The summed E-state index contributed by atoms with van der Waals surface area (Å²) in [5.41, 5.74) is 2.27. The van der Waals surface area contributed by atoms with Gasteiger partial charge in [-0.3, -0.25) is 4.79 Å². The molecule has 1 aromatic heterocycles. The predicted octanol–water partition coefficient (Wildman–Crippen LogP) is 2.70. The van der Waals surface area contributed by atoms with Crippen molar-refractivity contribution in [1.82, 2.24) is 9.88 Å². The monoisotopic (exact) mass is 274 g/mol. The van der Waals surface area contributed by atoms with Crippen LogP contribution in [0.4, 0.5) is 0 Å². The van der Waals surface area contributed by atoms with Crippen molar-refractivity contribution >= 4 is 17.2 Å². The molecule has 0 aliphatic rings. The van der Waals surface area contributed by atoms with Gasteiger partial charge in [0.15, 0.2) is 0 Å². The SMILES string of the molecule is Cc1cccc(CC(=O)N(C)CCc2nccs2)c1. The molecule has 0 unspecified atom stereocenters. The van der Waals surface area contributed by atoms with Crippen molar-refractivity contribution in [3.05, 3.63) is 52.0 Å². The molecule has 0 atom stereocenters. The Bertz CT molecular complexity index is 537. The molecular formula is C15H18N2OS. The maximum absolute atomic E-state index is 12.1. The van der Waals surface area contributed by atoms with Gasteiger partial charge in [0.25, 0.3) is 0 Å². The number of likely N-dealkylation sites (N-methyl/N-ethyl adjacent to an activating group) is 1. The maximum Gasteiger partial charge on any atom is 0.226 e. The summed E-state index contributed by atoms with van der Waals surface area (Å²) in [5.74, 6) is 0.155. The number of benzene rings is 1. The van der Waals surface area contributed by atoms with E-state index in [4.69, 9.17) is 0 Å². The molecule has 0 N–H and O–H groups in total. The normalized spacial score (nSPS) is 10.4. The number of aryl methyl sites for hydroxylation is 1. The first-order valence-corrected chi connectivity index (χ1v) is 7.21. The quantitative estimate of drug-likeness (QED) is 0.840. The average molecular weight is 274 g/mol. The van der Waals surface area contributed by atoms with Crippen LogP contribution in [-0.2, 0) is 17.6 Å². The first kappa shape index (κ1) is 13.7. The van der Waals surface area contributed by atoms with Gasteiger partial charge in [-0.05, 0) is 12.5 Å². The molecule has 2 rings (SSSR count). The molecule has 4 heteroatoms. The van der Waals surface area contributed by atoms with Crippen molar-refractivity contribution in [2.45, 2.75) is 19.8 Å². The molecule has 19 heavy (non-hydrogen) atoms. The van der Waals surface area contributed by atoms with E-state index in [9.17, 15) is 4.79 Å². The molecule has 1 aromatic carbocycles. The fourth-order valence-electron chi connectivity index (χ4n) is 1.90. The van der Waals surface area contributed by atoms with E-state index in [0.29, 0.717) is 6.42 Å². The lowest BCUT2D eigenvalue weighted by Crippen LogP contribution is -2.30. The highest BCUT2D eigenvalue weighted by Crippen LogP contribution is 2.08. The topological polar surface area (TPSA) is 33.2 Å². The summed E-state index contributed by atoms with van der Waals surface area (Å²) in [6, 6.07) is 8.10. The highest BCUT2D eigenvalue weighted by molar-refractivity contribution is 7.09. The minimum atomic E-state index is 0.155. The fraction of sp³-hybridized carbons (Fsp3) is 0.333. The van der Waals surface area contributed by atoms with Crippen LogP contribution in [0.15, 0.2) is 35.8 Å². The first-order chi connectivity index (χ1) is 9.15. The van der Waals surface area contributed by atoms with Crippen LogP contribution >= 0.6 is 11.3 Å². The Morgan fingerprint density at radius 2 is 2.26 bits per heavy atom. The zero-order valence-electron chi connectivity index (χ0n) is 11.3. The van der Waals surface area contributed by atoms with Crippen LogP contribution in [0.3, 0.4) is 0 Å². The Morgan fingerprint density at radius 3 is 2.95 bits per heavy atom. The summed E-state index contributed by atoms with van der Waals surface area (Å²) in [7, 11) is 1.85. The minimum Gasteiger partial charge on any atom is -0.345 e. The zero-order chi connectivity index (χ0) is 13.7. The van der Waals surface area contributed by atoms with Gasteiger partial charge in [0.1, 0.15) is 0 Å². The lowest BCUT2D eigenvalue weighted by molar-refractivity contribution is -0.129. The number of carbonyl (C=O) groups is 1. The molecule has 0 bridgehead atoms. The Kier molecular flexibility index (Phi) is 4.68. The Labute approximate surface area is 117 Å². The predicted molar refractivity (Wildman–Crippen MR) is 78.3 cm³/mol. The summed E-state index contributed by atoms with van der Waals surface area (Å²) in [5, 5.41) is 3.04. The van der Waals surface area contributed by atoms with Gasteiger partial charge in [0, 0.05) is 31.6 Å². The molecule has 0 aliphatic heterocycles. The van der Waals surface area contributed by atoms with E-state index in [1.807, 2.05) is 37.6 Å². The van der Waals surface area contributed by atoms with Crippen LogP contribution in [0, 0.1) is 6.92 Å². The van der Waals surface area contributed by atoms with Gasteiger partial charge in [-0.2, -0.15) is 0 Å². The van der Waals surface area contributed by atoms with Crippen molar-refractivity contribution in [3.63, 3.8) is 0 Å². The third-order valence-electron chi connectivity index (χ3n) is 3.01. The molecule has 3 nitrogen and oxygen atoms in total. The number of rotatable bonds is 5. The minimum absolute atomic E-state index is 0.155. The van der Waals surface area contributed by atoms with Crippen molar-refractivity contribution in [1.29, 1.82) is 0 Å². The molecule has 0 spiro atoms. The molecule has 1 heterocycles. The first-order valence-electron chi connectivity index (χ1n) is 6.33. The molecule has 100 valence electrons. The molecular weight excluding hydrogens is 256 g/mol. The number of carbonyl (C=O) groups excluding carboxylic acids is 1. The maximum atomic E-state index is 12.1. The van der Waals surface area contributed by atoms with E-state index >= 15 is 0 Å². The number of hydrogen-bond acceptors (Lipinski definition) is 3. The van der Waals surface area contributed by atoms with Crippen molar-refractivity contribution in [3.8, 4) is 0 Å². The average Bonchev–Trinajstić information content (AvgIpc) is 2.89. The van der Waals surface area contributed by atoms with Crippen LogP contribution < -0.4 is 0 Å². The largest absolute Gasteiger partial charge is 0.345 e. The van der Waals surface area contributed by atoms with Crippen LogP contribution in [0.25, 0.3) is 0 Å². The summed E-state index contributed by atoms with van der Waals surface area (Å²) < 4.78 is 0. The third kappa shape index (κ3) is 4.17. The van der Waals surface area contributed by atoms with Gasteiger partial charge in [-0.1, -0.05) is 29.8 Å². The summed E-state index contributed by atoms with van der Waals surface area (Å²) in [4.78, 5) is 18.1. The molecule has 2 aromatic rings. The molecule has 0 saturated carbocycles. The standard InChI is InChI=1S/C15H18N2OS/c1-12-4-3-5-13(10-12)11-15(18)17(2)8-6-14-16-7-9-19-14/h3-5,7,9-10H,6,8,11H2,1-2H3. The fourth-order valence-corrected chi connectivity index (χ4v) is 2.51. The van der Waals surface area contributed by atoms with Crippen LogP contribution in [0.5, 0.6) is 0 Å². The third-order valence-corrected chi connectivity index (χ3v) is 3.85. The Morgan fingerprint density at radius 1 is 1.42 bits per heavy atom. The van der Waals surface area contributed by atoms with Gasteiger partial charge in [-0.15, -0.1) is 11.3 Å². The van der Waals surface area contributed by atoms with Crippen LogP contribution in [0.1, 0.15) is 16.1 Å². The van der Waals surface area contributed by atoms with Crippen molar-refractivity contribution in [2.24, 2.45) is 0 Å². The van der Waals surface area contributed by atoms with Crippen molar-refractivity contribution in [2.75, 3.05) is 13.6 Å². The van der Waals surface area contributed by atoms with Gasteiger partial charge in [0.2, 0.25) is 5.91 Å². The smallest absolute Gasteiger partial charge is 0.226 e. The second-order valence-corrected chi connectivity index (χ2v) is 5.64. The Hall–Kier alpha value is -1.68. The molecule has 1 amide bonds. The molecule has 0 radical (unpaired) electrons. The number of hydrogen-bond donors (Lipinski definition) is 0. The lowest BCUT2D eigenvalue weighted by atomic mass is 10.1. The second kappa shape index (κ2) is 6.48. The van der Waals surface area contributed by atoms with Crippen LogP contribution in [0.2, 0.25) is 0 Å². The number of nitrogens with zero attached hydrogens (tertiary/aromatic N) is 2. The van der Waals surface area contributed by atoms with E-state index in [1.165, 1.54) is 5.56 Å². The molecule has 0 aliphatic carbocycles. The lowest BCUT2D eigenvalue weighted by Gasteiger charge is -2.16. The highest BCUT2D eigenvalue weighted by Gasteiger charge is 2.10. The molecule has 0 saturated heterocycles. The molecule has 0 fully saturated rings. The van der Waals surface area contributed by atoms with E-state index in [-0.39, 0.29) is 5.91 Å². The van der Waals surface area contributed by atoms with Gasteiger partial charge < -0.3 is 4.90 Å². The zero-order valence-corrected chi connectivity index (χ0v) is 12.1. The highest BCUT2D eigenvalue weighted by atomic mass is 32.1. The second-order valence-electron chi connectivity index (χ2n) is 4.66.